The third kappa shape index (κ3) is 6.03. The van der Waals surface area contributed by atoms with Crippen molar-refractivity contribution >= 4 is 0 Å². The van der Waals surface area contributed by atoms with Gasteiger partial charge in [-0.3, -0.25) is 0 Å². The van der Waals surface area contributed by atoms with Crippen molar-refractivity contribution in [3.63, 3.8) is 0 Å². The van der Waals surface area contributed by atoms with E-state index in [1.165, 1.54) is 5.56 Å². The van der Waals surface area contributed by atoms with E-state index in [0.29, 0.717) is 25.7 Å². The van der Waals surface area contributed by atoms with Crippen LogP contribution in [0.15, 0.2) is 24.3 Å². The summed E-state index contributed by atoms with van der Waals surface area (Å²) in [5, 5.41) is 0. The molecule has 0 aliphatic rings. The van der Waals surface area contributed by atoms with E-state index in [0.717, 1.165) is 5.75 Å². The molecule has 0 radical (unpaired) electrons. The van der Waals surface area contributed by atoms with Crippen LogP contribution in [0.2, 0.25) is 0 Å². The molecular formula is C15H25NO2. The Kier molecular flexibility index (Phi) is 5.63. The molecule has 3 nitrogen and oxygen atoms in total. The summed E-state index contributed by atoms with van der Waals surface area (Å²) in [6, 6.07) is 8.19. The second-order valence-corrected chi connectivity index (χ2v) is 5.62. The van der Waals surface area contributed by atoms with E-state index in [1.54, 1.807) is 0 Å². The number of rotatable bonds is 7. The summed E-state index contributed by atoms with van der Waals surface area (Å²) in [5.41, 5.74) is 6.82. The van der Waals surface area contributed by atoms with Crippen LogP contribution in [0.25, 0.3) is 0 Å². The molecule has 0 spiro atoms. The lowest BCUT2D eigenvalue weighted by atomic mass is 10.0. The van der Waals surface area contributed by atoms with Crippen LogP contribution in [-0.2, 0) is 4.74 Å². The average molecular weight is 251 g/mol. The molecule has 0 saturated carbocycles. The van der Waals surface area contributed by atoms with E-state index in [2.05, 4.69) is 26.0 Å². The van der Waals surface area contributed by atoms with Crippen molar-refractivity contribution in [3.8, 4) is 5.75 Å². The van der Waals surface area contributed by atoms with Gasteiger partial charge >= 0.3 is 0 Å². The van der Waals surface area contributed by atoms with E-state index in [-0.39, 0.29) is 5.54 Å². The first-order chi connectivity index (χ1) is 8.38. The monoisotopic (exact) mass is 251 g/mol. The molecule has 1 aromatic rings. The number of hydrogen-bond acceptors (Lipinski definition) is 3. The van der Waals surface area contributed by atoms with Crippen molar-refractivity contribution in [1.29, 1.82) is 0 Å². The minimum atomic E-state index is -0.280. The lowest BCUT2D eigenvalue weighted by Crippen LogP contribution is -2.37. The van der Waals surface area contributed by atoms with Crippen LogP contribution >= 0.6 is 0 Å². The number of hydrogen-bond donors (Lipinski definition) is 1. The number of nitrogens with two attached hydrogens (primary N) is 1. The Morgan fingerprint density at radius 2 is 1.94 bits per heavy atom. The van der Waals surface area contributed by atoms with E-state index in [4.69, 9.17) is 15.2 Å². The molecule has 0 heterocycles. The van der Waals surface area contributed by atoms with Gasteiger partial charge in [0.25, 0.3) is 0 Å². The summed E-state index contributed by atoms with van der Waals surface area (Å²) in [5.74, 6) is 1.42. The summed E-state index contributed by atoms with van der Waals surface area (Å²) in [6.07, 6.45) is 0. The second-order valence-electron chi connectivity index (χ2n) is 5.62. The van der Waals surface area contributed by atoms with Crippen LogP contribution in [0.3, 0.4) is 0 Å². The molecule has 0 aliphatic carbocycles. The van der Waals surface area contributed by atoms with Crippen molar-refractivity contribution in [3.05, 3.63) is 29.8 Å². The highest BCUT2D eigenvalue weighted by molar-refractivity contribution is 5.30. The van der Waals surface area contributed by atoms with Crippen LogP contribution in [0.4, 0.5) is 0 Å². The molecule has 0 atom stereocenters. The van der Waals surface area contributed by atoms with Crippen LogP contribution in [-0.4, -0.2) is 25.4 Å². The molecule has 0 amide bonds. The third-order valence-corrected chi connectivity index (χ3v) is 2.50. The first kappa shape index (κ1) is 15.0. The zero-order valence-corrected chi connectivity index (χ0v) is 11.9. The Morgan fingerprint density at radius 3 is 2.56 bits per heavy atom. The van der Waals surface area contributed by atoms with Crippen LogP contribution in [0, 0.1) is 0 Å². The number of benzene rings is 1. The predicted octanol–water partition coefficient (Wildman–Crippen LogP) is 2.94. The smallest absolute Gasteiger partial charge is 0.119 e. The summed E-state index contributed by atoms with van der Waals surface area (Å²) >= 11 is 0. The standard InChI is InChI=1S/C15H25NO2/c1-12(2)13-6-5-7-14(10-13)18-9-8-17-11-15(3,4)16/h5-7,10,12H,8-9,11,16H2,1-4H3. The summed E-state index contributed by atoms with van der Waals surface area (Å²) < 4.78 is 11.1. The minimum Gasteiger partial charge on any atom is -0.491 e. The summed E-state index contributed by atoms with van der Waals surface area (Å²) in [7, 11) is 0. The lowest BCUT2D eigenvalue weighted by molar-refractivity contribution is 0.0724. The van der Waals surface area contributed by atoms with Crippen molar-refractivity contribution in [2.75, 3.05) is 19.8 Å². The average Bonchev–Trinajstić information content (AvgIpc) is 2.27. The minimum absolute atomic E-state index is 0.280. The van der Waals surface area contributed by atoms with Gasteiger partial charge in [-0.15, -0.1) is 0 Å². The van der Waals surface area contributed by atoms with Gasteiger partial charge in [-0.25, -0.2) is 0 Å². The van der Waals surface area contributed by atoms with Crippen molar-refractivity contribution < 1.29 is 9.47 Å². The Balaban J connectivity index is 2.29. The number of ether oxygens (including phenoxy) is 2. The fraction of sp³-hybridized carbons (Fsp3) is 0.600. The van der Waals surface area contributed by atoms with E-state index >= 15 is 0 Å². The molecule has 0 aromatic heterocycles. The van der Waals surface area contributed by atoms with Gasteiger partial charge in [0.1, 0.15) is 12.4 Å². The molecule has 0 saturated heterocycles. The van der Waals surface area contributed by atoms with Crippen LogP contribution in [0.1, 0.15) is 39.2 Å². The fourth-order valence-electron chi connectivity index (χ4n) is 1.52. The van der Waals surface area contributed by atoms with Crippen LogP contribution in [0.5, 0.6) is 5.75 Å². The van der Waals surface area contributed by atoms with Gasteiger partial charge in [-0.2, -0.15) is 0 Å². The van der Waals surface area contributed by atoms with Gasteiger partial charge in [0.05, 0.1) is 13.2 Å². The molecule has 0 unspecified atom stereocenters. The second kappa shape index (κ2) is 6.76. The van der Waals surface area contributed by atoms with E-state index in [9.17, 15) is 0 Å². The predicted molar refractivity (Wildman–Crippen MR) is 75.1 cm³/mol. The van der Waals surface area contributed by atoms with Gasteiger partial charge in [-0.1, -0.05) is 26.0 Å². The SMILES string of the molecule is CC(C)c1cccc(OCCOCC(C)(C)N)c1. The van der Waals surface area contributed by atoms with Gasteiger partial charge in [0.2, 0.25) is 0 Å². The highest BCUT2D eigenvalue weighted by atomic mass is 16.5. The highest BCUT2D eigenvalue weighted by Crippen LogP contribution is 2.19. The molecule has 1 aromatic carbocycles. The maximum absolute atomic E-state index is 5.82. The summed E-state index contributed by atoms with van der Waals surface area (Å²) in [6.45, 7) is 9.89. The van der Waals surface area contributed by atoms with Crippen LogP contribution < -0.4 is 10.5 Å². The molecule has 2 N–H and O–H groups in total. The van der Waals surface area contributed by atoms with Gasteiger partial charge in [-0.05, 0) is 37.5 Å². The van der Waals surface area contributed by atoms with Crippen molar-refractivity contribution in [2.45, 2.75) is 39.2 Å². The molecular weight excluding hydrogens is 226 g/mol. The Hall–Kier alpha value is -1.06. The molecule has 0 fully saturated rings. The molecule has 1 rings (SSSR count). The largest absolute Gasteiger partial charge is 0.491 e. The lowest BCUT2D eigenvalue weighted by Gasteiger charge is -2.18. The molecule has 102 valence electrons. The van der Waals surface area contributed by atoms with Crippen molar-refractivity contribution in [2.24, 2.45) is 5.73 Å². The maximum Gasteiger partial charge on any atom is 0.119 e. The maximum atomic E-state index is 5.82. The summed E-state index contributed by atoms with van der Waals surface area (Å²) in [4.78, 5) is 0. The first-order valence-electron chi connectivity index (χ1n) is 6.48. The Morgan fingerprint density at radius 1 is 1.22 bits per heavy atom. The normalized spacial score (nSPS) is 11.9. The molecule has 3 heteroatoms. The zero-order chi connectivity index (χ0) is 13.6. The van der Waals surface area contributed by atoms with Gasteiger partial charge in [0, 0.05) is 5.54 Å². The Labute approximate surface area is 110 Å². The highest BCUT2D eigenvalue weighted by Gasteiger charge is 2.09. The topological polar surface area (TPSA) is 44.5 Å². The van der Waals surface area contributed by atoms with Gasteiger partial charge in [0.15, 0.2) is 0 Å². The zero-order valence-electron chi connectivity index (χ0n) is 11.9. The third-order valence-electron chi connectivity index (χ3n) is 2.50. The molecule has 18 heavy (non-hydrogen) atoms. The van der Waals surface area contributed by atoms with Gasteiger partial charge < -0.3 is 15.2 Å². The fourth-order valence-corrected chi connectivity index (χ4v) is 1.52. The van der Waals surface area contributed by atoms with E-state index < -0.39 is 0 Å². The molecule has 0 bridgehead atoms. The Bertz CT molecular complexity index is 356. The quantitative estimate of drug-likeness (QED) is 0.758. The van der Waals surface area contributed by atoms with Crippen molar-refractivity contribution in [1.82, 2.24) is 0 Å². The van der Waals surface area contributed by atoms with E-state index in [1.807, 2.05) is 26.0 Å². The molecule has 0 aliphatic heterocycles. The first-order valence-corrected chi connectivity index (χ1v) is 6.48.